The normalized spacial score (nSPS) is 18.2. The fourth-order valence-electron chi connectivity index (χ4n) is 2.78. The molecule has 0 bridgehead atoms. The summed E-state index contributed by atoms with van der Waals surface area (Å²) in [7, 11) is 0. The van der Waals surface area contributed by atoms with E-state index < -0.39 is 29.4 Å². The molecular formula is C20H38N4O6. The van der Waals surface area contributed by atoms with Gasteiger partial charge in [0.05, 0.1) is 6.54 Å². The van der Waals surface area contributed by atoms with E-state index in [2.05, 4.69) is 5.32 Å². The number of hydrogen-bond donors (Lipinski definition) is 2. The van der Waals surface area contributed by atoms with E-state index in [0.717, 1.165) is 0 Å². The van der Waals surface area contributed by atoms with Crippen LogP contribution in [0.2, 0.25) is 0 Å². The summed E-state index contributed by atoms with van der Waals surface area (Å²) in [5, 5.41) is 12.4. The van der Waals surface area contributed by atoms with Gasteiger partial charge in [0, 0.05) is 52.4 Å². The Morgan fingerprint density at radius 2 is 1.20 bits per heavy atom. The largest absolute Gasteiger partial charge is 0.480 e. The lowest BCUT2D eigenvalue weighted by Crippen LogP contribution is -2.50. The first-order chi connectivity index (χ1) is 13.8. The summed E-state index contributed by atoms with van der Waals surface area (Å²) in [6.45, 7) is 14.0. The van der Waals surface area contributed by atoms with Crippen LogP contribution < -0.4 is 5.32 Å². The van der Waals surface area contributed by atoms with E-state index in [9.17, 15) is 14.4 Å². The van der Waals surface area contributed by atoms with Crippen LogP contribution in [-0.4, -0.2) is 108 Å². The highest BCUT2D eigenvalue weighted by atomic mass is 16.6. The molecule has 1 heterocycles. The van der Waals surface area contributed by atoms with Gasteiger partial charge in [0.25, 0.3) is 0 Å². The molecule has 30 heavy (non-hydrogen) atoms. The molecule has 0 saturated carbocycles. The number of ether oxygens (including phenoxy) is 2. The third-order valence-corrected chi connectivity index (χ3v) is 4.15. The zero-order valence-electron chi connectivity index (χ0n) is 19.2. The van der Waals surface area contributed by atoms with Gasteiger partial charge in [0.1, 0.15) is 11.2 Å². The molecule has 1 saturated heterocycles. The Morgan fingerprint density at radius 3 is 1.67 bits per heavy atom. The van der Waals surface area contributed by atoms with Crippen molar-refractivity contribution in [1.82, 2.24) is 20.0 Å². The maximum Gasteiger partial charge on any atom is 0.410 e. The van der Waals surface area contributed by atoms with Gasteiger partial charge in [-0.2, -0.15) is 0 Å². The zero-order valence-corrected chi connectivity index (χ0v) is 19.2. The molecule has 0 aromatic heterocycles. The SMILES string of the molecule is CC(C)(C)OC(=O)N1CCNCCN(CC(=O)O)CCN(C(=O)OC(C)(C)C)CC1. The lowest BCUT2D eigenvalue weighted by molar-refractivity contribution is -0.138. The van der Waals surface area contributed by atoms with Crippen molar-refractivity contribution in [2.45, 2.75) is 52.7 Å². The quantitative estimate of drug-likeness (QED) is 0.677. The van der Waals surface area contributed by atoms with Gasteiger partial charge in [-0.1, -0.05) is 0 Å². The molecule has 0 aromatic rings. The van der Waals surface area contributed by atoms with Crippen molar-refractivity contribution in [3.8, 4) is 0 Å². The fraction of sp³-hybridized carbons (Fsp3) is 0.850. The van der Waals surface area contributed by atoms with Crippen LogP contribution in [0.5, 0.6) is 0 Å². The van der Waals surface area contributed by atoms with Crippen molar-refractivity contribution < 1.29 is 29.0 Å². The van der Waals surface area contributed by atoms with Crippen LogP contribution in [0, 0.1) is 0 Å². The standard InChI is InChI=1S/C20H38N4O6/c1-19(2,3)29-17(27)23-10-8-21-7-9-22(15-16(25)26)11-12-24(14-13-23)18(28)30-20(4,5)6/h21H,7-15H2,1-6H3,(H,25,26). The molecule has 0 spiro atoms. The Kier molecular flexibility index (Phi) is 9.83. The van der Waals surface area contributed by atoms with Crippen molar-refractivity contribution in [2.75, 3.05) is 58.9 Å². The Hall–Kier alpha value is -2.07. The third kappa shape index (κ3) is 11.2. The molecule has 1 aliphatic heterocycles. The first-order valence-corrected chi connectivity index (χ1v) is 10.4. The molecular weight excluding hydrogens is 392 g/mol. The number of nitrogens with zero attached hydrogens (tertiary/aromatic N) is 3. The highest BCUT2D eigenvalue weighted by Crippen LogP contribution is 2.12. The van der Waals surface area contributed by atoms with Crippen molar-refractivity contribution in [2.24, 2.45) is 0 Å². The minimum absolute atomic E-state index is 0.103. The second kappa shape index (κ2) is 11.4. The molecule has 0 radical (unpaired) electrons. The van der Waals surface area contributed by atoms with Crippen LogP contribution in [0.1, 0.15) is 41.5 Å². The van der Waals surface area contributed by atoms with Crippen LogP contribution >= 0.6 is 0 Å². The number of carboxylic acids is 1. The minimum atomic E-state index is -0.915. The summed E-state index contributed by atoms with van der Waals surface area (Å²) in [5.74, 6) is -0.915. The van der Waals surface area contributed by atoms with Gasteiger partial charge in [-0.25, -0.2) is 9.59 Å². The van der Waals surface area contributed by atoms with Crippen LogP contribution in [0.3, 0.4) is 0 Å². The Balaban J connectivity index is 2.93. The number of aliphatic carboxylic acids is 1. The van der Waals surface area contributed by atoms with Crippen LogP contribution in [0.15, 0.2) is 0 Å². The van der Waals surface area contributed by atoms with Crippen molar-refractivity contribution >= 4 is 18.2 Å². The van der Waals surface area contributed by atoms with Gasteiger partial charge in [0.15, 0.2) is 0 Å². The maximum absolute atomic E-state index is 12.7. The van der Waals surface area contributed by atoms with Gasteiger partial charge < -0.3 is 29.7 Å². The van der Waals surface area contributed by atoms with E-state index in [1.165, 1.54) is 4.90 Å². The molecule has 2 amide bonds. The Bertz CT molecular complexity index is 585. The monoisotopic (exact) mass is 430 g/mol. The molecule has 10 nitrogen and oxygen atoms in total. The molecule has 0 aromatic carbocycles. The minimum Gasteiger partial charge on any atom is -0.480 e. The van der Waals surface area contributed by atoms with Crippen LogP contribution in [0.4, 0.5) is 9.59 Å². The highest BCUT2D eigenvalue weighted by Gasteiger charge is 2.26. The number of carboxylic acid groups (broad SMARTS) is 1. The number of hydrogen-bond acceptors (Lipinski definition) is 7. The number of amides is 2. The molecule has 10 heteroatoms. The molecule has 174 valence electrons. The first-order valence-electron chi connectivity index (χ1n) is 10.4. The second-order valence-electron chi connectivity index (χ2n) is 9.35. The maximum atomic E-state index is 12.7. The number of carbonyl (C=O) groups is 3. The van der Waals surface area contributed by atoms with Gasteiger partial charge in [-0.15, -0.1) is 0 Å². The molecule has 0 unspecified atom stereocenters. The molecule has 0 atom stereocenters. The Morgan fingerprint density at radius 1 is 0.767 bits per heavy atom. The summed E-state index contributed by atoms with van der Waals surface area (Å²) in [5.41, 5.74) is -1.27. The summed E-state index contributed by atoms with van der Waals surface area (Å²) in [4.78, 5) is 41.3. The third-order valence-electron chi connectivity index (χ3n) is 4.15. The van der Waals surface area contributed by atoms with Gasteiger partial charge in [-0.3, -0.25) is 9.69 Å². The van der Waals surface area contributed by atoms with Crippen molar-refractivity contribution in [3.05, 3.63) is 0 Å². The lowest BCUT2D eigenvalue weighted by atomic mass is 10.2. The molecule has 1 rings (SSSR count). The fourth-order valence-corrected chi connectivity index (χ4v) is 2.78. The van der Waals surface area contributed by atoms with E-state index >= 15 is 0 Å². The average Bonchev–Trinajstić information content (AvgIpc) is 2.53. The van der Waals surface area contributed by atoms with E-state index in [4.69, 9.17) is 14.6 Å². The van der Waals surface area contributed by atoms with E-state index in [0.29, 0.717) is 39.3 Å². The number of carbonyl (C=O) groups excluding carboxylic acids is 2. The first kappa shape index (κ1) is 26.0. The molecule has 0 aliphatic carbocycles. The van der Waals surface area contributed by atoms with Gasteiger partial charge in [0.2, 0.25) is 0 Å². The van der Waals surface area contributed by atoms with Crippen LogP contribution in [-0.2, 0) is 14.3 Å². The number of nitrogens with one attached hydrogen (secondary N) is 1. The van der Waals surface area contributed by atoms with Gasteiger partial charge >= 0.3 is 18.2 Å². The van der Waals surface area contributed by atoms with E-state index in [1.54, 1.807) is 30.6 Å². The average molecular weight is 431 g/mol. The lowest BCUT2D eigenvalue weighted by Gasteiger charge is -2.33. The summed E-state index contributed by atoms with van der Waals surface area (Å²) >= 11 is 0. The summed E-state index contributed by atoms with van der Waals surface area (Å²) in [6.07, 6.45) is -0.921. The molecule has 2 N–H and O–H groups in total. The summed E-state index contributed by atoms with van der Waals surface area (Å²) in [6, 6.07) is 0. The van der Waals surface area contributed by atoms with Crippen molar-refractivity contribution in [3.63, 3.8) is 0 Å². The molecule has 1 aliphatic rings. The Labute approximate surface area is 179 Å². The smallest absolute Gasteiger partial charge is 0.410 e. The molecule has 1 fully saturated rings. The van der Waals surface area contributed by atoms with Crippen LogP contribution in [0.25, 0.3) is 0 Å². The van der Waals surface area contributed by atoms with Crippen molar-refractivity contribution in [1.29, 1.82) is 0 Å². The topological polar surface area (TPSA) is 112 Å². The zero-order chi connectivity index (χ0) is 22.9. The van der Waals surface area contributed by atoms with Gasteiger partial charge in [-0.05, 0) is 41.5 Å². The predicted molar refractivity (Wildman–Crippen MR) is 113 cm³/mol. The van der Waals surface area contributed by atoms with E-state index in [1.807, 2.05) is 20.8 Å². The number of rotatable bonds is 2. The predicted octanol–water partition coefficient (Wildman–Crippen LogP) is 1.45. The van der Waals surface area contributed by atoms with E-state index in [-0.39, 0.29) is 19.6 Å². The second-order valence-corrected chi connectivity index (χ2v) is 9.35. The summed E-state index contributed by atoms with van der Waals surface area (Å²) < 4.78 is 11.0. The highest BCUT2D eigenvalue weighted by molar-refractivity contribution is 5.70.